The van der Waals surface area contributed by atoms with Crippen molar-refractivity contribution < 1.29 is 17.9 Å². The molecule has 142 valence electrons. The lowest BCUT2D eigenvalue weighted by Gasteiger charge is -2.14. The smallest absolute Gasteiger partial charge is 0.255 e. The van der Waals surface area contributed by atoms with E-state index in [1.165, 1.54) is 24.4 Å². The number of aromatic nitrogens is 1. The predicted octanol–water partition coefficient (Wildman–Crippen LogP) is 2.27. The van der Waals surface area contributed by atoms with Gasteiger partial charge in [-0.15, -0.1) is 11.3 Å². The fourth-order valence-corrected chi connectivity index (χ4v) is 5.99. The first-order valence-electron chi connectivity index (χ1n) is 8.39. The predicted molar refractivity (Wildman–Crippen MR) is 103 cm³/mol. The van der Waals surface area contributed by atoms with Gasteiger partial charge in [-0.1, -0.05) is 0 Å². The van der Waals surface area contributed by atoms with E-state index in [2.05, 4.69) is 4.98 Å². The SMILES string of the molecule is O=c1[nH]ccc2cc(F)c(CS(=O)(=O)c3ccc(N4CC[C@@H](O)C4)s3)cc12. The molecular weight excluding hydrogens is 391 g/mol. The zero-order chi connectivity index (χ0) is 19.2. The quantitative estimate of drug-likeness (QED) is 0.691. The first-order valence-corrected chi connectivity index (χ1v) is 10.9. The maximum Gasteiger partial charge on any atom is 0.255 e. The van der Waals surface area contributed by atoms with Gasteiger partial charge in [-0.3, -0.25) is 4.79 Å². The zero-order valence-corrected chi connectivity index (χ0v) is 15.8. The third kappa shape index (κ3) is 3.50. The molecule has 0 spiro atoms. The van der Waals surface area contributed by atoms with Crippen molar-refractivity contribution in [3.05, 3.63) is 58.3 Å². The summed E-state index contributed by atoms with van der Waals surface area (Å²) in [5.74, 6) is -1.18. The van der Waals surface area contributed by atoms with E-state index in [9.17, 15) is 22.7 Å². The molecule has 1 aliphatic rings. The number of hydrogen-bond acceptors (Lipinski definition) is 6. The molecule has 0 bridgehead atoms. The molecule has 3 heterocycles. The molecule has 1 aromatic carbocycles. The van der Waals surface area contributed by atoms with Crippen LogP contribution in [-0.2, 0) is 15.6 Å². The minimum Gasteiger partial charge on any atom is -0.391 e. The maximum absolute atomic E-state index is 14.4. The number of pyridine rings is 1. The average Bonchev–Trinajstić information content (AvgIpc) is 3.25. The van der Waals surface area contributed by atoms with Gasteiger partial charge in [0, 0.05) is 30.2 Å². The van der Waals surface area contributed by atoms with Crippen LogP contribution in [0, 0.1) is 5.82 Å². The van der Waals surface area contributed by atoms with Crippen LogP contribution in [0.4, 0.5) is 9.39 Å². The number of benzene rings is 1. The Bertz CT molecular complexity index is 1170. The number of rotatable bonds is 4. The third-order valence-corrected chi connectivity index (χ3v) is 8.03. The number of halogens is 1. The van der Waals surface area contributed by atoms with Gasteiger partial charge in [-0.2, -0.15) is 0 Å². The van der Waals surface area contributed by atoms with Crippen LogP contribution in [0.5, 0.6) is 0 Å². The number of nitrogens with one attached hydrogen (secondary N) is 1. The largest absolute Gasteiger partial charge is 0.391 e. The summed E-state index contributed by atoms with van der Waals surface area (Å²) >= 11 is 1.11. The van der Waals surface area contributed by atoms with Crippen LogP contribution >= 0.6 is 11.3 Å². The number of nitrogens with zero attached hydrogens (tertiary/aromatic N) is 1. The van der Waals surface area contributed by atoms with E-state index in [1.54, 1.807) is 12.1 Å². The monoisotopic (exact) mass is 408 g/mol. The molecular formula is C18H17FN2O4S2. The van der Waals surface area contributed by atoms with Crippen molar-refractivity contribution in [1.82, 2.24) is 4.98 Å². The molecule has 0 unspecified atom stereocenters. The number of thiophene rings is 1. The van der Waals surface area contributed by atoms with E-state index < -0.39 is 33.1 Å². The number of fused-ring (bicyclic) bond motifs is 1. The van der Waals surface area contributed by atoms with Crippen molar-refractivity contribution >= 4 is 36.9 Å². The molecule has 1 saturated heterocycles. The van der Waals surface area contributed by atoms with Gasteiger partial charge in [-0.05, 0) is 42.1 Å². The maximum atomic E-state index is 14.4. The Morgan fingerprint density at radius 2 is 2.11 bits per heavy atom. The van der Waals surface area contributed by atoms with Crippen molar-refractivity contribution in [1.29, 1.82) is 0 Å². The summed E-state index contributed by atoms with van der Waals surface area (Å²) in [4.78, 5) is 16.3. The summed E-state index contributed by atoms with van der Waals surface area (Å²) < 4.78 is 40.0. The van der Waals surface area contributed by atoms with Crippen molar-refractivity contribution in [2.24, 2.45) is 0 Å². The molecule has 0 amide bonds. The van der Waals surface area contributed by atoms with Crippen molar-refractivity contribution in [2.45, 2.75) is 22.5 Å². The molecule has 27 heavy (non-hydrogen) atoms. The minimum absolute atomic E-state index is 0.0363. The summed E-state index contributed by atoms with van der Waals surface area (Å²) in [5.41, 5.74) is -0.428. The summed E-state index contributed by atoms with van der Waals surface area (Å²) in [6, 6.07) is 7.25. The second-order valence-electron chi connectivity index (χ2n) is 6.58. The summed E-state index contributed by atoms with van der Waals surface area (Å²) in [5, 5.41) is 11.1. The Hall–Kier alpha value is -2.23. The number of aromatic amines is 1. The molecule has 3 aromatic rings. The molecule has 1 aliphatic heterocycles. The van der Waals surface area contributed by atoms with Gasteiger partial charge in [0.1, 0.15) is 10.0 Å². The summed E-state index contributed by atoms with van der Waals surface area (Å²) in [7, 11) is -3.76. The van der Waals surface area contributed by atoms with E-state index in [0.717, 1.165) is 16.3 Å². The molecule has 1 atom stereocenters. The molecule has 2 aromatic heterocycles. The number of anilines is 1. The topological polar surface area (TPSA) is 90.5 Å². The van der Waals surface area contributed by atoms with E-state index in [4.69, 9.17) is 0 Å². The fourth-order valence-electron chi connectivity index (χ4n) is 3.23. The van der Waals surface area contributed by atoms with Crippen molar-refractivity contribution in [3.63, 3.8) is 0 Å². The molecule has 0 radical (unpaired) electrons. The zero-order valence-electron chi connectivity index (χ0n) is 14.2. The Morgan fingerprint density at radius 3 is 2.85 bits per heavy atom. The van der Waals surface area contributed by atoms with Crippen LogP contribution in [0.2, 0.25) is 0 Å². The van der Waals surface area contributed by atoms with Gasteiger partial charge >= 0.3 is 0 Å². The molecule has 4 rings (SSSR count). The molecule has 0 aliphatic carbocycles. The van der Waals surface area contributed by atoms with E-state index in [1.807, 2.05) is 4.90 Å². The van der Waals surface area contributed by atoms with Crippen molar-refractivity contribution in [3.8, 4) is 0 Å². The highest BCUT2D eigenvalue weighted by atomic mass is 32.2. The van der Waals surface area contributed by atoms with Gasteiger partial charge in [0.2, 0.25) is 0 Å². The number of H-pyrrole nitrogens is 1. The number of hydrogen-bond donors (Lipinski definition) is 2. The highest BCUT2D eigenvalue weighted by Gasteiger charge is 2.25. The Balaban J connectivity index is 1.65. The molecule has 0 saturated carbocycles. The van der Waals surface area contributed by atoms with Gasteiger partial charge in [0.15, 0.2) is 9.84 Å². The van der Waals surface area contributed by atoms with Crippen LogP contribution in [0.1, 0.15) is 12.0 Å². The highest BCUT2D eigenvalue weighted by Crippen LogP contribution is 2.33. The van der Waals surface area contributed by atoms with Crippen LogP contribution in [0.15, 0.2) is 45.5 Å². The Morgan fingerprint density at radius 1 is 1.30 bits per heavy atom. The lowest BCUT2D eigenvalue weighted by atomic mass is 10.1. The number of β-amino-alcohol motifs (C(OH)–C–C–N with tert-alkyl or cyclic N) is 1. The summed E-state index contributed by atoms with van der Waals surface area (Å²) in [6.45, 7) is 1.14. The van der Waals surface area contributed by atoms with E-state index in [0.29, 0.717) is 24.9 Å². The fraction of sp³-hybridized carbons (Fsp3) is 0.278. The van der Waals surface area contributed by atoms with Gasteiger partial charge in [-0.25, -0.2) is 12.8 Å². The van der Waals surface area contributed by atoms with Gasteiger partial charge in [0.05, 0.1) is 16.9 Å². The lowest BCUT2D eigenvalue weighted by Crippen LogP contribution is -2.19. The van der Waals surface area contributed by atoms with Crippen LogP contribution in [0.25, 0.3) is 10.8 Å². The van der Waals surface area contributed by atoms with Crippen molar-refractivity contribution in [2.75, 3.05) is 18.0 Å². The first kappa shape index (κ1) is 18.1. The number of aliphatic hydroxyl groups excluding tert-OH is 1. The van der Waals surface area contributed by atoms with E-state index in [-0.39, 0.29) is 15.2 Å². The summed E-state index contributed by atoms with van der Waals surface area (Å²) in [6.07, 6.45) is 1.66. The Kier molecular flexibility index (Phi) is 4.53. The second-order valence-corrected chi connectivity index (χ2v) is 9.86. The molecule has 6 nitrogen and oxygen atoms in total. The lowest BCUT2D eigenvalue weighted by molar-refractivity contribution is 0.198. The normalized spacial score (nSPS) is 17.7. The van der Waals surface area contributed by atoms with Crippen LogP contribution in [-0.4, -0.2) is 37.7 Å². The standard InChI is InChI=1S/C18H17FN2O4S2/c19-15-8-11-3-5-20-18(23)14(11)7-12(15)10-27(24,25)17-2-1-16(26-17)21-6-4-13(22)9-21/h1-3,5,7-8,13,22H,4,6,9-10H2,(H,20,23)/t13-/m1/s1. The number of aliphatic hydroxyl groups is 1. The Labute approximate surface area is 158 Å². The van der Waals surface area contributed by atoms with E-state index >= 15 is 0 Å². The second kappa shape index (κ2) is 6.74. The molecule has 9 heteroatoms. The highest BCUT2D eigenvalue weighted by molar-refractivity contribution is 7.92. The van der Waals surface area contributed by atoms with Crippen LogP contribution in [0.3, 0.4) is 0 Å². The van der Waals surface area contributed by atoms with Gasteiger partial charge in [0.25, 0.3) is 5.56 Å². The first-order chi connectivity index (χ1) is 12.8. The minimum atomic E-state index is -3.76. The molecule has 2 N–H and O–H groups in total. The molecule has 1 fully saturated rings. The number of sulfone groups is 1. The third-order valence-electron chi connectivity index (χ3n) is 4.63. The van der Waals surface area contributed by atoms with Gasteiger partial charge < -0.3 is 15.0 Å². The average molecular weight is 408 g/mol. The van der Waals surface area contributed by atoms with Crippen LogP contribution < -0.4 is 10.5 Å².